The third-order valence-electron chi connectivity index (χ3n) is 4.94. The number of amides is 1. The van der Waals surface area contributed by atoms with E-state index < -0.39 is 18.0 Å². The fraction of sp³-hybridized carbons (Fsp3) is 0.261. The third-order valence-corrected chi connectivity index (χ3v) is 4.94. The molecule has 3 aromatic rings. The van der Waals surface area contributed by atoms with Gasteiger partial charge in [0.25, 0.3) is 11.5 Å². The van der Waals surface area contributed by atoms with E-state index in [1.165, 1.54) is 11.6 Å². The zero-order valence-electron chi connectivity index (χ0n) is 17.3. The van der Waals surface area contributed by atoms with E-state index in [-0.39, 0.29) is 17.7 Å². The summed E-state index contributed by atoms with van der Waals surface area (Å²) in [5.41, 5.74) is 2.12. The van der Waals surface area contributed by atoms with Crippen molar-refractivity contribution in [3.05, 3.63) is 82.3 Å². The second kappa shape index (κ2) is 9.26. The highest BCUT2D eigenvalue weighted by Crippen LogP contribution is 2.14. The van der Waals surface area contributed by atoms with Crippen LogP contribution < -0.4 is 10.9 Å². The second-order valence-corrected chi connectivity index (χ2v) is 7.04. The number of esters is 1. The quantitative estimate of drug-likeness (QED) is 0.611. The lowest BCUT2D eigenvalue weighted by molar-refractivity contribution is -0.153. The Labute approximate surface area is 174 Å². The normalized spacial score (nSPS) is 11.7. The van der Waals surface area contributed by atoms with Crippen LogP contribution in [0.1, 0.15) is 24.6 Å². The number of hydrogen-bond donors (Lipinski definition) is 1. The van der Waals surface area contributed by atoms with Gasteiger partial charge >= 0.3 is 5.97 Å². The number of ether oxygens (including phenoxy) is 1. The number of anilines is 1. The van der Waals surface area contributed by atoms with Gasteiger partial charge in [-0.3, -0.25) is 19.1 Å². The molecule has 156 valence electrons. The predicted molar refractivity (Wildman–Crippen MR) is 115 cm³/mol. The monoisotopic (exact) mass is 407 g/mol. The van der Waals surface area contributed by atoms with Gasteiger partial charge in [-0.15, -0.1) is 0 Å². The third kappa shape index (κ3) is 4.68. The smallest absolute Gasteiger partial charge is 0.306 e. The molecule has 1 heterocycles. The molecule has 30 heavy (non-hydrogen) atoms. The van der Waals surface area contributed by atoms with Gasteiger partial charge in [0.15, 0.2) is 6.10 Å². The van der Waals surface area contributed by atoms with Crippen molar-refractivity contribution in [3.63, 3.8) is 0 Å². The zero-order chi connectivity index (χ0) is 21.7. The Morgan fingerprint density at radius 3 is 2.27 bits per heavy atom. The Hall–Kier alpha value is -3.61. The zero-order valence-corrected chi connectivity index (χ0v) is 17.3. The van der Waals surface area contributed by atoms with E-state index in [4.69, 9.17) is 4.74 Å². The molecule has 1 atom stereocenters. The SMILES string of the molecule is Cc1c(NC(=O)C(C)OC(=O)CCc2ccccc2)c(=O)n(-c2ccccc2)n1C. The average molecular weight is 407 g/mol. The highest BCUT2D eigenvalue weighted by atomic mass is 16.5. The van der Waals surface area contributed by atoms with Crippen molar-refractivity contribution in [1.82, 2.24) is 9.36 Å². The highest BCUT2D eigenvalue weighted by molar-refractivity contribution is 5.95. The number of aryl methyl sites for hydroxylation is 1. The van der Waals surface area contributed by atoms with E-state index in [9.17, 15) is 14.4 Å². The summed E-state index contributed by atoms with van der Waals surface area (Å²) in [6.45, 7) is 3.23. The van der Waals surface area contributed by atoms with Gasteiger partial charge in [0, 0.05) is 13.5 Å². The van der Waals surface area contributed by atoms with Crippen LogP contribution in [0.5, 0.6) is 0 Å². The van der Waals surface area contributed by atoms with Crippen molar-refractivity contribution in [3.8, 4) is 5.69 Å². The van der Waals surface area contributed by atoms with Crippen LogP contribution in [0.2, 0.25) is 0 Å². The van der Waals surface area contributed by atoms with Crippen LogP contribution in [-0.2, 0) is 27.8 Å². The molecular formula is C23H25N3O4. The van der Waals surface area contributed by atoms with Gasteiger partial charge in [0.1, 0.15) is 5.69 Å². The molecule has 0 saturated carbocycles. The van der Waals surface area contributed by atoms with E-state index >= 15 is 0 Å². The molecule has 0 radical (unpaired) electrons. The number of rotatable bonds is 7. The van der Waals surface area contributed by atoms with Crippen LogP contribution in [0.25, 0.3) is 5.69 Å². The highest BCUT2D eigenvalue weighted by Gasteiger charge is 2.23. The molecule has 0 saturated heterocycles. The van der Waals surface area contributed by atoms with E-state index in [0.29, 0.717) is 17.8 Å². The molecule has 1 aromatic heterocycles. The maximum atomic E-state index is 12.9. The van der Waals surface area contributed by atoms with E-state index in [0.717, 1.165) is 5.56 Å². The van der Waals surface area contributed by atoms with Gasteiger partial charge < -0.3 is 10.1 Å². The molecule has 0 aliphatic heterocycles. The predicted octanol–water partition coefficient (Wildman–Crippen LogP) is 2.99. The summed E-state index contributed by atoms with van der Waals surface area (Å²) in [7, 11) is 1.74. The first-order valence-corrected chi connectivity index (χ1v) is 9.76. The van der Waals surface area contributed by atoms with Crippen molar-refractivity contribution in [1.29, 1.82) is 0 Å². The molecule has 0 spiro atoms. The Morgan fingerprint density at radius 2 is 1.63 bits per heavy atom. The number of carbonyl (C=O) groups excluding carboxylic acids is 2. The first-order valence-electron chi connectivity index (χ1n) is 9.76. The summed E-state index contributed by atoms with van der Waals surface area (Å²) in [5, 5.41) is 2.62. The Kier molecular flexibility index (Phi) is 6.51. The summed E-state index contributed by atoms with van der Waals surface area (Å²) in [4.78, 5) is 37.5. The molecule has 7 nitrogen and oxygen atoms in total. The summed E-state index contributed by atoms with van der Waals surface area (Å²) < 4.78 is 8.39. The van der Waals surface area contributed by atoms with Crippen molar-refractivity contribution < 1.29 is 14.3 Å². The fourth-order valence-corrected chi connectivity index (χ4v) is 3.14. The molecule has 0 bridgehead atoms. The van der Waals surface area contributed by atoms with Gasteiger partial charge in [0.05, 0.1) is 11.4 Å². The van der Waals surface area contributed by atoms with Crippen LogP contribution in [0, 0.1) is 6.92 Å². The molecule has 7 heteroatoms. The summed E-state index contributed by atoms with van der Waals surface area (Å²) >= 11 is 0. The minimum Gasteiger partial charge on any atom is -0.453 e. The lowest BCUT2D eigenvalue weighted by atomic mass is 10.1. The van der Waals surface area contributed by atoms with Crippen LogP contribution in [0.15, 0.2) is 65.5 Å². The van der Waals surface area contributed by atoms with Crippen LogP contribution >= 0.6 is 0 Å². The van der Waals surface area contributed by atoms with Gasteiger partial charge in [-0.05, 0) is 38.0 Å². The van der Waals surface area contributed by atoms with E-state index in [2.05, 4.69) is 5.32 Å². The first-order chi connectivity index (χ1) is 14.4. The minimum atomic E-state index is -1.02. The number of aromatic nitrogens is 2. The molecule has 1 N–H and O–H groups in total. The van der Waals surface area contributed by atoms with Gasteiger partial charge in [-0.2, -0.15) is 0 Å². The standard InChI is InChI=1S/C23H25N3O4/c1-16-21(23(29)26(25(16)3)19-12-8-5-9-13-19)24-22(28)17(2)30-20(27)15-14-18-10-6-4-7-11-18/h4-13,17H,14-15H2,1-3H3,(H,24,28). The molecule has 1 amide bonds. The molecule has 1 unspecified atom stereocenters. The van der Waals surface area contributed by atoms with Crippen molar-refractivity contribution in [2.75, 3.05) is 5.32 Å². The van der Waals surface area contributed by atoms with Crippen molar-refractivity contribution in [2.24, 2.45) is 7.05 Å². The molecule has 0 aliphatic rings. The Bertz CT molecular complexity index is 1080. The van der Waals surface area contributed by atoms with E-state index in [1.807, 2.05) is 60.7 Å². The lowest BCUT2D eigenvalue weighted by Crippen LogP contribution is -2.32. The van der Waals surface area contributed by atoms with Gasteiger partial charge in [-0.1, -0.05) is 48.5 Å². The van der Waals surface area contributed by atoms with Crippen LogP contribution in [-0.4, -0.2) is 27.3 Å². The maximum absolute atomic E-state index is 12.9. The van der Waals surface area contributed by atoms with Crippen molar-refractivity contribution in [2.45, 2.75) is 32.8 Å². The largest absolute Gasteiger partial charge is 0.453 e. The summed E-state index contributed by atoms with van der Waals surface area (Å²) in [5.74, 6) is -1.01. The lowest BCUT2D eigenvalue weighted by Gasteiger charge is -2.13. The number of nitrogens with one attached hydrogen (secondary N) is 1. The van der Waals surface area contributed by atoms with Gasteiger partial charge in [0.2, 0.25) is 0 Å². The Balaban J connectivity index is 1.65. The van der Waals surface area contributed by atoms with Crippen LogP contribution in [0.3, 0.4) is 0 Å². The molecule has 0 aliphatic carbocycles. The summed E-state index contributed by atoms with van der Waals surface area (Å²) in [6.07, 6.45) is -0.308. The minimum absolute atomic E-state index is 0.165. The van der Waals surface area contributed by atoms with Crippen molar-refractivity contribution >= 4 is 17.6 Å². The number of para-hydroxylation sites is 1. The molecule has 3 rings (SSSR count). The van der Waals surface area contributed by atoms with Gasteiger partial charge in [-0.25, -0.2) is 4.68 Å². The molecule has 2 aromatic carbocycles. The number of nitrogens with zero attached hydrogens (tertiary/aromatic N) is 2. The molecule has 0 fully saturated rings. The fourth-order valence-electron chi connectivity index (χ4n) is 3.14. The average Bonchev–Trinajstić information content (AvgIpc) is 2.96. The number of carbonyl (C=O) groups is 2. The first kappa shape index (κ1) is 21.1. The topological polar surface area (TPSA) is 82.3 Å². The number of benzene rings is 2. The number of hydrogen-bond acceptors (Lipinski definition) is 4. The van der Waals surface area contributed by atoms with E-state index in [1.54, 1.807) is 18.7 Å². The molecular weight excluding hydrogens is 382 g/mol. The maximum Gasteiger partial charge on any atom is 0.306 e. The van der Waals surface area contributed by atoms with Crippen LogP contribution in [0.4, 0.5) is 5.69 Å². The second-order valence-electron chi connectivity index (χ2n) is 7.04. The Morgan fingerprint density at radius 1 is 1.03 bits per heavy atom. The summed E-state index contributed by atoms with van der Waals surface area (Å²) in [6, 6.07) is 18.7.